The van der Waals surface area contributed by atoms with E-state index in [1.54, 1.807) is 13.0 Å². The molecule has 1 heterocycles. The Kier molecular flexibility index (Phi) is 5.68. The molecule has 2 rings (SSSR count). The second-order valence-corrected chi connectivity index (χ2v) is 4.85. The summed E-state index contributed by atoms with van der Waals surface area (Å²) in [5.41, 5.74) is 8.24. The number of hydrogen-bond acceptors (Lipinski definition) is 6. The number of nitrogens with two attached hydrogens (primary N) is 1. The lowest BCUT2D eigenvalue weighted by molar-refractivity contribution is -0.137. The first-order chi connectivity index (χ1) is 11.1. The van der Waals surface area contributed by atoms with Gasteiger partial charge in [-0.15, -0.1) is 0 Å². The van der Waals surface area contributed by atoms with Gasteiger partial charge in [0, 0.05) is 18.2 Å². The van der Waals surface area contributed by atoms with Gasteiger partial charge in [0.2, 0.25) is 5.95 Å². The second-order valence-electron chi connectivity index (χ2n) is 4.85. The molecular weight excluding hydrogens is 292 g/mol. The Morgan fingerprint density at radius 1 is 1.30 bits per heavy atom. The Bertz CT molecular complexity index is 699. The van der Waals surface area contributed by atoms with E-state index in [2.05, 4.69) is 15.3 Å². The second kappa shape index (κ2) is 7.93. The number of rotatable bonds is 6. The van der Waals surface area contributed by atoms with Gasteiger partial charge in [0.15, 0.2) is 0 Å². The number of aromatic nitrogens is 2. The summed E-state index contributed by atoms with van der Waals surface area (Å²) in [7, 11) is 0. The third-order valence-corrected chi connectivity index (χ3v) is 3.13. The number of aryl methyl sites for hydroxylation is 1. The van der Waals surface area contributed by atoms with Crippen LogP contribution in [0.15, 0.2) is 36.4 Å². The van der Waals surface area contributed by atoms with Crippen molar-refractivity contribution in [3.05, 3.63) is 53.2 Å². The number of carbonyl (C=O) groups excluding carboxylic acids is 1. The van der Waals surface area contributed by atoms with Crippen LogP contribution in [0.25, 0.3) is 6.08 Å². The topological polar surface area (TPSA) is 90.1 Å². The maximum Gasteiger partial charge on any atom is 0.330 e. The fourth-order valence-corrected chi connectivity index (χ4v) is 2.06. The number of anilines is 2. The average molecular weight is 312 g/mol. The van der Waals surface area contributed by atoms with Crippen molar-refractivity contribution in [3.8, 4) is 0 Å². The summed E-state index contributed by atoms with van der Waals surface area (Å²) in [6, 6.07) is 9.93. The Morgan fingerprint density at radius 2 is 2.04 bits per heavy atom. The van der Waals surface area contributed by atoms with E-state index >= 15 is 0 Å². The molecule has 23 heavy (non-hydrogen) atoms. The summed E-state index contributed by atoms with van der Waals surface area (Å²) in [5.74, 6) is 0.364. The van der Waals surface area contributed by atoms with Crippen molar-refractivity contribution in [1.82, 2.24) is 9.97 Å². The Balaban J connectivity index is 2.21. The third kappa shape index (κ3) is 4.81. The Morgan fingerprint density at radius 3 is 2.74 bits per heavy atom. The fraction of sp³-hybridized carbons (Fsp3) is 0.235. The number of nitrogens with one attached hydrogen (secondary N) is 1. The van der Waals surface area contributed by atoms with Crippen LogP contribution in [0.3, 0.4) is 0 Å². The van der Waals surface area contributed by atoms with Gasteiger partial charge in [0.25, 0.3) is 0 Å². The number of nitrogens with zero attached hydrogens (tertiary/aromatic N) is 2. The van der Waals surface area contributed by atoms with Crippen LogP contribution in [0.1, 0.15) is 23.7 Å². The third-order valence-electron chi connectivity index (χ3n) is 3.13. The van der Waals surface area contributed by atoms with Gasteiger partial charge in [0.1, 0.15) is 5.82 Å². The van der Waals surface area contributed by atoms with Gasteiger partial charge in [-0.1, -0.05) is 30.3 Å². The van der Waals surface area contributed by atoms with Gasteiger partial charge in [-0.05, 0) is 25.5 Å². The highest BCUT2D eigenvalue weighted by Crippen LogP contribution is 2.20. The Hall–Kier alpha value is -2.89. The SMILES string of the molecule is CCOC(=O)C=Cc1c(C)nc(N)nc1NCc1ccccc1. The van der Waals surface area contributed by atoms with Gasteiger partial charge >= 0.3 is 5.97 Å². The molecule has 0 unspecified atom stereocenters. The van der Waals surface area contributed by atoms with Crippen molar-refractivity contribution in [2.75, 3.05) is 17.7 Å². The van der Waals surface area contributed by atoms with E-state index in [1.165, 1.54) is 6.08 Å². The van der Waals surface area contributed by atoms with Gasteiger partial charge in [-0.2, -0.15) is 4.98 Å². The first-order valence-electron chi connectivity index (χ1n) is 7.37. The zero-order chi connectivity index (χ0) is 16.7. The molecule has 0 spiro atoms. The largest absolute Gasteiger partial charge is 0.463 e. The number of carbonyl (C=O) groups is 1. The van der Waals surface area contributed by atoms with Crippen molar-refractivity contribution in [1.29, 1.82) is 0 Å². The molecule has 6 heteroatoms. The van der Waals surface area contributed by atoms with Crippen LogP contribution < -0.4 is 11.1 Å². The van der Waals surface area contributed by atoms with E-state index in [0.29, 0.717) is 30.2 Å². The van der Waals surface area contributed by atoms with Crippen molar-refractivity contribution in [2.45, 2.75) is 20.4 Å². The monoisotopic (exact) mass is 312 g/mol. The van der Waals surface area contributed by atoms with Crippen LogP contribution in [-0.2, 0) is 16.1 Å². The van der Waals surface area contributed by atoms with Crippen LogP contribution >= 0.6 is 0 Å². The first kappa shape index (κ1) is 16.5. The van der Waals surface area contributed by atoms with E-state index in [9.17, 15) is 4.79 Å². The summed E-state index contributed by atoms with van der Waals surface area (Å²) < 4.78 is 4.88. The zero-order valence-electron chi connectivity index (χ0n) is 13.2. The van der Waals surface area contributed by atoms with Crippen LogP contribution in [0.4, 0.5) is 11.8 Å². The molecule has 1 aromatic carbocycles. The van der Waals surface area contributed by atoms with E-state index in [-0.39, 0.29) is 5.95 Å². The maximum absolute atomic E-state index is 11.5. The normalized spacial score (nSPS) is 10.7. The smallest absolute Gasteiger partial charge is 0.330 e. The highest BCUT2D eigenvalue weighted by Gasteiger charge is 2.09. The molecule has 0 aliphatic rings. The molecule has 2 aromatic rings. The predicted octanol–water partition coefficient (Wildman–Crippen LogP) is 2.56. The van der Waals surface area contributed by atoms with Crippen LogP contribution in [0, 0.1) is 6.92 Å². The zero-order valence-corrected chi connectivity index (χ0v) is 13.2. The molecule has 1 aromatic heterocycles. The molecule has 0 saturated heterocycles. The molecular formula is C17H20N4O2. The molecule has 6 nitrogen and oxygen atoms in total. The van der Waals surface area contributed by atoms with Gasteiger partial charge in [0.05, 0.1) is 12.3 Å². The summed E-state index contributed by atoms with van der Waals surface area (Å²) in [6.45, 7) is 4.50. The molecule has 0 aliphatic heterocycles. The van der Waals surface area contributed by atoms with Gasteiger partial charge < -0.3 is 15.8 Å². The number of ether oxygens (including phenoxy) is 1. The lowest BCUT2D eigenvalue weighted by Crippen LogP contribution is -2.08. The molecule has 0 radical (unpaired) electrons. The molecule has 3 N–H and O–H groups in total. The molecule has 0 bridgehead atoms. The lowest BCUT2D eigenvalue weighted by Gasteiger charge is -2.11. The van der Waals surface area contributed by atoms with E-state index in [1.807, 2.05) is 37.3 Å². The molecule has 0 aliphatic carbocycles. The molecule has 0 amide bonds. The van der Waals surface area contributed by atoms with Crippen molar-refractivity contribution < 1.29 is 9.53 Å². The summed E-state index contributed by atoms with van der Waals surface area (Å²) in [4.78, 5) is 19.9. The highest BCUT2D eigenvalue weighted by molar-refractivity contribution is 5.88. The van der Waals surface area contributed by atoms with E-state index in [0.717, 1.165) is 5.56 Å². The van der Waals surface area contributed by atoms with Gasteiger partial charge in [-0.25, -0.2) is 9.78 Å². The summed E-state index contributed by atoms with van der Waals surface area (Å²) in [5, 5.41) is 3.23. The first-order valence-corrected chi connectivity index (χ1v) is 7.37. The predicted molar refractivity (Wildman–Crippen MR) is 90.6 cm³/mol. The molecule has 0 atom stereocenters. The van der Waals surface area contributed by atoms with Crippen molar-refractivity contribution in [3.63, 3.8) is 0 Å². The summed E-state index contributed by atoms with van der Waals surface area (Å²) in [6.07, 6.45) is 3.00. The minimum atomic E-state index is -0.405. The highest BCUT2D eigenvalue weighted by atomic mass is 16.5. The van der Waals surface area contributed by atoms with E-state index < -0.39 is 5.97 Å². The standard InChI is InChI=1S/C17H20N4O2/c1-3-23-15(22)10-9-14-12(2)20-17(18)21-16(14)19-11-13-7-5-4-6-8-13/h4-10H,3,11H2,1-2H3,(H3,18,19,20,21). The number of nitrogen functional groups attached to an aromatic ring is 1. The van der Waals surface area contributed by atoms with Crippen molar-refractivity contribution in [2.24, 2.45) is 0 Å². The lowest BCUT2D eigenvalue weighted by atomic mass is 10.2. The summed E-state index contributed by atoms with van der Waals surface area (Å²) >= 11 is 0. The van der Waals surface area contributed by atoms with Crippen LogP contribution in [-0.4, -0.2) is 22.5 Å². The van der Waals surface area contributed by atoms with Gasteiger partial charge in [-0.3, -0.25) is 0 Å². The minimum absolute atomic E-state index is 0.186. The molecule has 120 valence electrons. The van der Waals surface area contributed by atoms with Crippen LogP contribution in [0.2, 0.25) is 0 Å². The quantitative estimate of drug-likeness (QED) is 0.629. The molecule has 0 saturated carbocycles. The van der Waals surface area contributed by atoms with Crippen molar-refractivity contribution >= 4 is 23.8 Å². The number of benzene rings is 1. The van der Waals surface area contributed by atoms with Crippen LogP contribution in [0.5, 0.6) is 0 Å². The Labute approximate surface area is 135 Å². The maximum atomic E-state index is 11.5. The van der Waals surface area contributed by atoms with E-state index in [4.69, 9.17) is 10.5 Å². The minimum Gasteiger partial charge on any atom is -0.463 e. The number of esters is 1. The average Bonchev–Trinajstić information content (AvgIpc) is 2.53. The fourth-order valence-electron chi connectivity index (χ4n) is 2.06. The number of hydrogen-bond donors (Lipinski definition) is 2. The molecule has 0 fully saturated rings.